The molecule has 2 rings (SSSR count). The van der Waals surface area contributed by atoms with E-state index in [-0.39, 0.29) is 6.10 Å². The van der Waals surface area contributed by atoms with E-state index in [2.05, 4.69) is 0 Å². The smallest absolute Gasteiger partial charge is 0.0595 e. The lowest BCUT2D eigenvalue weighted by molar-refractivity contribution is 0.158. The van der Waals surface area contributed by atoms with Gasteiger partial charge in [0, 0.05) is 0 Å². The molecule has 1 unspecified atom stereocenters. The normalized spacial score (nSPS) is 21.3. The van der Waals surface area contributed by atoms with E-state index in [0.29, 0.717) is 16.5 Å². The predicted octanol–water partition coefficient (Wildman–Crippen LogP) is 2.84. The molecular formula is C10H10Cl2O. The van der Waals surface area contributed by atoms with E-state index in [0.717, 1.165) is 18.4 Å². The Morgan fingerprint density at radius 3 is 2.46 bits per heavy atom. The highest BCUT2D eigenvalue weighted by Gasteiger charge is 2.17. The quantitative estimate of drug-likeness (QED) is 0.708. The first-order chi connectivity index (χ1) is 6.16. The number of aliphatic hydroxyl groups is 1. The average Bonchev–Trinajstić information content (AvgIpc) is 2.08. The molecule has 0 heterocycles. The number of hydrogen-bond acceptors (Lipinski definition) is 1. The molecule has 1 atom stereocenters. The van der Waals surface area contributed by atoms with Crippen LogP contribution in [0.2, 0.25) is 10.0 Å². The maximum Gasteiger partial charge on any atom is 0.0595 e. The Bertz CT molecular complexity index is 336. The molecule has 1 nitrogen and oxygen atoms in total. The third-order valence-electron chi connectivity index (χ3n) is 2.44. The highest BCUT2D eigenvalue weighted by molar-refractivity contribution is 6.42. The highest BCUT2D eigenvalue weighted by Crippen LogP contribution is 2.30. The Labute approximate surface area is 87.3 Å². The fourth-order valence-electron chi connectivity index (χ4n) is 1.73. The van der Waals surface area contributed by atoms with Gasteiger partial charge in [0.1, 0.15) is 0 Å². The molecule has 0 radical (unpaired) electrons. The van der Waals surface area contributed by atoms with Crippen molar-refractivity contribution in [3.8, 4) is 0 Å². The van der Waals surface area contributed by atoms with Crippen LogP contribution < -0.4 is 0 Å². The van der Waals surface area contributed by atoms with Gasteiger partial charge in [0.25, 0.3) is 0 Å². The zero-order valence-electron chi connectivity index (χ0n) is 7.06. The topological polar surface area (TPSA) is 20.2 Å². The standard InChI is InChI=1S/C10H10Cl2O/c11-9-4-6-1-2-8(13)3-7(6)5-10(9)12/h4-5,8,13H,1-3H2. The SMILES string of the molecule is OC1CCc2cc(Cl)c(Cl)cc2C1. The zero-order chi connectivity index (χ0) is 9.42. The maximum atomic E-state index is 9.44. The molecule has 0 bridgehead atoms. The monoisotopic (exact) mass is 216 g/mol. The minimum Gasteiger partial charge on any atom is -0.393 e. The van der Waals surface area contributed by atoms with Gasteiger partial charge in [-0.3, -0.25) is 0 Å². The van der Waals surface area contributed by atoms with Crippen molar-refractivity contribution >= 4 is 23.2 Å². The van der Waals surface area contributed by atoms with Crippen molar-refractivity contribution < 1.29 is 5.11 Å². The lowest BCUT2D eigenvalue weighted by Crippen LogP contribution is -2.18. The first-order valence-electron chi connectivity index (χ1n) is 4.31. The second-order valence-electron chi connectivity index (χ2n) is 3.43. The van der Waals surface area contributed by atoms with Crippen molar-refractivity contribution in [1.82, 2.24) is 0 Å². The summed E-state index contributed by atoms with van der Waals surface area (Å²) >= 11 is 11.8. The number of hydrogen-bond donors (Lipinski definition) is 1. The Kier molecular flexibility index (Phi) is 2.50. The first kappa shape index (κ1) is 9.32. The molecule has 1 aliphatic carbocycles. The van der Waals surface area contributed by atoms with E-state index in [9.17, 15) is 5.11 Å². The fraction of sp³-hybridized carbons (Fsp3) is 0.400. The van der Waals surface area contributed by atoms with Gasteiger partial charge in [0.2, 0.25) is 0 Å². The van der Waals surface area contributed by atoms with Crippen LogP contribution >= 0.6 is 23.2 Å². The van der Waals surface area contributed by atoms with Gasteiger partial charge in [-0.15, -0.1) is 0 Å². The second kappa shape index (κ2) is 3.49. The van der Waals surface area contributed by atoms with Crippen LogP contribution in [0.1, 0.15) is 17.5 Å². The van der Waals surface area contributed by atoms with Crippen molar-refractivity contribution in [2.24, 2.45) is 0 Å². The number of aliphatic hydroxyl groups excluding tert-OH is 1. The van der Waals surface area contributed by atoms with Gasteiger partial charge in [-0.2, -0.15) is 0 Å². The van der Waals surface area contributed by atoms with Crippen LogP contribution in [0.15, 0.2) is 12.1 Å². The van der Waals surface area contributed by atoms with Crippen LogP contribution in [0.25, 0.3) is 0 Å². The fourth-order valence-corrected chi connectivity index (χ4v) is 2.10. The second-order valence-corrected chi connectivity index (χ2v) is 4.25. The average molecular weight is 217 g/mol. The maximum absolute atomic E-state index is 9.44. The van der Waals surface area contributed by atoms with Crippen LogP contribution in [-0.4, -0.2) is 11.2 Å². The van der Waals surface area contributed by atoms with Crippen LogP contribution in [-0.2, 0) is 12.8 Å². The summed E-state index contributed by atoms with van der Waals surface area (Å²) in [7, 11) is 0. The van der Waals surface area contributed by atoms with Gasteiger partial charge in [0.15, 0.2) is 0 Å². The summed E-state index contributed by atoms with van der Waals surface area (Å²) in [5, 5.41) is 10.6. The summed E-state index contributed by atoms with van der Waals surface area (Å²) in [4.78, 5) is 0. The number of halogens is 2. The Hall–Kier alpha value is -0.240. The molecule has 0 aromatic heterocycles. The molecule has 0 fully saturated rings. The van der Waals surface area contributed by atoms with Gasteiger partial charge in [0.05, 0.1) is 16.1 Å². The molecule has 70 valence electrons. The van der Waals surface area contributed by atoms with Crippen LogP contribution in [0.5, 0.6) is 0 Å². The first-order valence-corrected chi connectivity index (χ1v) is 5.07. The largest absolute Gasteiger partial charge is 0.393 e. The molecule has 1 aromatic carbocycles. The number of rotatable bonds is 0. The zero-order valence-corrected chi connectivity index (χ0v) is 8.57. The van der Waals surface area contributed by atoms with E-state index in [1.807, 2.05) is 12.1 Å². The molecule has 13 heavy (non-hydrogen) atoms. The molecule has 0 aliphatic heterocycles. The molecule has 3 heteroatoms. The highest BCUT2D eigenvalue weighted by atomic mass is 35.5. The van der Waals surface area contributed by atoms with E-state index in [4.69, 9.17) is 23.2 Å². The minimum absolute atomic E-state index is 0.218. The molecule has 1 aliphatic rings. The van der Waals surface area contributed by atoms with E-state index < -0.39 is 0 Å². The van der Waals surface area contributed by atoms with Crippen molar-refractivity contribution in [1.29, 1.82) is 0 Å². The van der Waals surface area contributed by atoms with Gasteiger partial charge < -0.3 is 5.11 Å². The lowest BCUT2D eigenvalue weighted by atomic mass is 9.90. The van der Waals surface area contributed by atoms with Crippen molar-refractivity contribution in [3.63, 3.8) is 0 Å². The van der Waals surface area contributed by atoms with Crippen molar-refractivity contribution in [2.45, 2.75) is 25.4 Å². The van der Waals surface area contributed by atoms with E-state index in [1.54, 1.807) is 0 Å². The summed E-state index contributed by atoms with van der Waals surface area (Å²) in [5.74, 6) is 0. The number of aryl methyl sites for hydroxylation is 1. The molecule has 1 aromatic rings. The summed E-state index contributed by atoms with van der Waals surface area (Å²) in [6.45, 7) is 0. The summed E-state index contributed by atoms with van der Waals surface area (Å²) in [5.41, 5.74) is 2.35. The molecular weight excluding hydrogens is 207 g/mol. The Morgan fingerprint density at radius 1 is 1.15 bits per heavy atom. The van der Waals surface area contributed by atoms with Crippen molar-refractivity contribution in [3.05, 3.63) is 33.3 Å². The summed E-state index contributed by atoms with van der Waals surface area (Å²) in [6, 6.07) is 3.77. The molecule has 0 saturated carbocycles. The predicted molar refractivity (Wildman–Crippen MR) is 54.5 cm³/mol. The van der Waals surface area contributed by atoms with Crippen molar-refractivity contribution in [2.75, 3.05) is 0 Å². The Morgan fingerprint density at radius 2 is 1.77 bits per heavy atom. The Balaban J connectivity index is 2.43. The van der Waals surface area contributed by atoms with E-state index in [1.165, 1.54) is 5.56 Å². The third-order valence-corrected chi connectivity index (χ3v) is 3.17. The number of fused-ring (bicyclic) bond motifs is 1. The third kappa shape index (κ3) is 1.83. The van der Waals surface area contributed by atoms with E-state index >= 15 is 0 Å². The minimum atomic E-state index is -0.218. The van der Waals surface area contributed by atoms with Gasteiger partial charge in [-0.1, -0.05) is 23.2 Å². The number of benzene rings is 1. The summed E-state index contributed by atoms with van der Waals surface area (Å²) < 4.78 is 0. The summed E-state index contributed by atoms with van der Waals surface area (Å²) in [6.07, 6.45) is 2.20. The van der Waals surface area contributed by atoms with Gasteiger partial charge >= 0.3 is 0 Å². The molecule has 0 spiro atoms. The molecule has 0 amide bonds. The van der Waals surface area contributed by atoms with Gasteiger partial charge in [-0.05, 0) is 42.5 Å². The van der Waals surface area contributed by atoms with Crippen LogP contribution in [0.4, 0.5) is 0 Å². The van der Waals surface area contributed by atoms with Crippen LogP contribution in [0, 0.1) is 0 Å². The molecule has 0 saturated heterocycles. The molecule has 1 N–H and O–H groups in total. The lowest BCUT2D eigenvalue weighted by Gasteiger charge is -2.20. The van der Waals surface area contributed by atoms with Crippen LogP contribution in [0.3, 0.4) is 0 Å². The van der Waals surface area contributed by atoms with Gasteiger partial charge in [-0.25, -0.2) is 0 Å².